The Morgan fingerprint density at radius 3 is 2.67 bits per heavy atom. The SMILES string of the molecule is Cc1ccccc1CNC(=O)C(N)CCC(=O)O. The van der Waals surface area contributed by atoms with Crippen molar-refractivity contribution in [3.63, 3.8) is 0 Å². The van der Waals surface area contributed by atoms with Gasteiger partial charge in [-0.3, -0.25) is 9.59 Å². The molecule has 0 saturated heterocycles. The van der Waals surface area contributed by atoms with Crippen LogP contribution in [-0.4, -0.2) is 23.0 Å². The highest BCUT2D eigenvalue weighted by Crippen LogP contribution is 2.06. The molecule has 0 radical (unpaired) electrons. The molecule has 0 aliphatic carbocycles. The van der Waals surface area contributed by atoms with Crippen LogP contribution in [0, 0.1) is 6.92 Å². The molecule has 5 heteroatoms. The molecule has 0 fully saturated rings. The molecule has 1 atom stereocenters. The van der Waals surface area contributed by atoms with E-state index in [0.717, 1.165) is 11.1 Å². The second-order valence-electron chi connectivity index (χ2n) is 4.18. The molecule has 1 aromatic carbocycles. The Hall–Kier alpha value is -1.88. The Morgan fingerprint density at radius 1 is 1.39 bits per heavy atom. The fraction of sp³-hybridized carbons (Fsp3) is 0.385. The summed E-state index contributed by atoms with van der Waals surface area (Å²) in [5.41, 5.74) is 7.71. The summed E-state index contributed by atoms with van der Waals surface area (Å²) in [5, 5.41) is 11.2. The van der Waals surface area contributed by atoms with E-state index < -0.39 is 12.0 Å². The zero-order chi connectivity index (χ0) is 13.5. The molecular weight excluding hydrogens is 232 g/mol. The van der Waals surface area contributed by atoms with Gasteiger partial charge in [0.15, 0.2) is 0 Å². The van der Waals surface area contributed by atoms with Gasteiger partial charge in [0, 0.05) is 13.0 Å². The zero-order valence-electron chi connectivity index (χ0n) is 10.3. The maximum absolute atomic E-state index is 11.6. The van der Waals surface area contributed by atoms with Crippen LogP contribution in [0.5, 0.6) is 0 Å². The lowest BCUT2D eigenvalue weighted by Gasteiger charge is -2.12. The molecule has 4 N–H and O–H groups in total. The smallest absolute Gasteiger partial charge is 0.303 e. The summed E-state index contributed by atoms with van der Waals surface area (Å²) in [6, 6.07) is 6.95. The van der Waals surface area contributed by atoms with Gasteiger partial charge in [0.1, 0.15) is 0 Å². The van der Waals surface area contributed by atoms with Gasteiger partial charge >= 0.3 is 5.97 Å². The highest BCUT2D eigenvalue weighted by molar-refractivity contribution is 5.82. The second-order valence-corrected chi connectivity index (χ2v) is 4.18. The van der Waals surface area contributed by atoms with Gasteiger partial charge in [-0.2, -0.15) is 0 Å². The molecule has 0 aliphatic heterocycles. The first-order chi connectivity index (χ1) is 8.50. The number of benzene rings is 1. The standard InChI is InChI=1S/C13H18N2O3/c1-9-4-2-3-5-10(9)8-15-13(18)11(14)6-7-12(16)17/h2-5,11H,6-8,14H2,1H3,(H,15,18)(H,16,17). The normalized spacial score (nSPS) is 11.9. The van der Waals surface area contributed by atoms with Crippen LogP contribution in [0.1, 0.15) is 24.0 Å². The zero-order valence-corrected chi connectivity index (χ0v) is 10.3. The van der Waals surface area contributed by atoms with E-state index in [9.17, 15) is 9.59 Å². The Balaban J connectivity index is 2.41. The molecule has 18 heavy (non-hydrogen) atoms. The number of hydrogen-bond donors (Lipinski definition) is 3. The summed E-state index contributed by atoms with van der Waals surface area (Å²) >= 11 is 0. The van der Waals surface area contributed by atoms with Gasteiger partial charge in [-0.1, -0.05) is 24.3 Å². The van der Waals surface area contributed by atoms with E-state index in [1.165, 1.54) is 0 Å². The van der Waals surface area contributed by atoms with Crippen molar-refractivity contribution in [2.45, 2.75) is 32.4 Å². The molecule has 0 saturated carbocycles. The van der Waals surface area contributed by atoms with Crippen LogP contribution in [0.3, 0.4) is 0 Å². The van der Waals surface area contributed by atoms with E-state index in [1.807, 2.05) is 31.2 Å². The maximum atomic E-state index is 11.6. The third kappa shape index (κ3) is 4.55. The summed E-state index contributed by atoms with van der Waals surface area (Å²) in [6.45, 7) is 2.37. The van der Waals surface area contributed by atoms with Crippen molar-refractivity contribution in [2.24, 2.45) is 5.73 Å². The summed E-state index contributed by atoms with van der Waals surface area (Å²) in [5.74, 6) is -1.27. The average Bonchev–Trinajstić information content (AvgIpc) is 2.34. The van der Waals surface area contributed by atoms with Crippen LogP contribution in [0.2, 0.25) is 0 Å². The number of amides is 1. The number of nitrogens with two attached hydrogens (primary N) is 1. The molecule has 0 aliphatic rings. The quantitative estimate of drug-likeness (QED) is 0.696. The molecule has 0 bridgehead atoms. The van der Waals surface area contributed by atoms with E-state index in [2.05, 4.69) is 5.32 Å². The van der Waals surface area contributed by atoms with Crippen LogP contribution >= 0.6 is 0 Å². The number of carboxylic acids is 1. The van der Waals surface area contributed by atoms with Gasteiger partial charge in [-0.25, -0.2) is 0 Å². The maximum Gasteiger partial charge on any atom is 0.303 e. The lowest BCUT2D eigenvalue weighted by Crippen LogP contribution is -2.40. The highest BCUT2D eigenvalue weighted by Gasteiger charge is 2.14. The van der Waals surface area contributed by atoms with Gasteiger partial charge in [0.05, 0.1) is 6.04 Å². The predicted octanol–water partition coefficient (Wildman–Crippen LogP) is 0.803. The molecule has 0 spiro atoms. The Kier molecular flexibility index (Phi) is 5.32. The number of carbonyl (C=O) groups is 2. The molecule has 1 amide bonds. The van der Waals surface area contributed by atoms with Crippen LogP contribution in [-0.2, 0) is 16.1 Å². The van der Waals surface area contributed by atoms with Crippen molar-refractivity contribution in [2.75, 3.05) is 0 Å². The highest BCUT2D eigenvalue weighted by atomic mass is 16.4. The monoisotopic (exact) mass is 250 g/mol. The van der Waals surface area contributed by atoms with Crippen LogP contribution < -0.4 is 11.1 Å². The van der Waals surface area contributed by atoms with Gasteiger partial charge in [0.25, 0.3) is 0 Å². The minimum absolute atomic E-state index is 0.0983. The summed E-state index contributed by atoms with van der Waals surface area (Å²) in [7, 11) is 0. The van der Waals surface area contributed by atoms with Crippen molar-refractivity contribution in [1.29, 1.82) is 0 Å². The van der Waals surface area contributed by atoms with Crippen LogP contribution in [0.25, 0.3) is 0 Å². The molecule has 0 heterocycles. The van der Waals surface area contributed by atoms with Gasteiger partial charge in [-0.05, 0) is 24.5 Å². The largest absolute Gasteiger partial charge is 0.481 e. The topological polar surface area (TPSA) is 92.4 Å². The third-order valence-corrected chi connectivity index (χ3v) is 2.72. The number of aliphatic carboxylic acids is 1. The number of carbonyl (C=O) groups excluding carboxylic acids is 1. The van der Waals surface area contributed by atoms with E-state index in [0.29, 0.717) is 6.54 Å². The van der Waals surface area contributed by atoms with Crippen molar-refractivity contribution in [3.05, 3.63) is 35.4 Å². The van der Waals surface area contributed by atoms with Crippen molar-refractivity contribution >= 4 is 11.9 Å². The lowest BCUT2D eigenvalue weighted by molar-refractivity contribution is -0.137. The molecule has 5 nitrogen and oxygen atoms in total. The first-order valence-electron chi connectivity index (χ1n) is 5.80. The summed E-state index contributed by atoms with van der Waals surface area (Å²) in [6.07, 6.45) is 0.0495. The minimum Gasteiger partial charge on any atom is -0.481 e. The number of rotatable bonds is 6. The van der Waals surface area contributed by atoms with Gasteiger partial charge in [-0.15, -0.1) is 0 Å². The average molecular weight is 250 g/mol. The van der Waals surface area contributed by atoms with Crippen molar-refractivity contribution < 1.29 is 14.7 Å². The summed E-state index contributed by atoms with van der Waals surface area (Å²) < 4.78 is 0. The molecule has 98 valence electrons. The molecular formula is C13H18N2O3. The second kappa shape index (κ2) is 6.76. The van der Waals surface area contributed by atoms with Crippen LogP contribution in [0.15, 0.2) is 24.3 Å². The number of carboxylic acid groups (broad SMARTS) is 1. The number of aryl methyl sites for hydroxylation is 1. The van der Waals surface area contributed by atoms with Gasteiger partial charge in [0.2, 0.25) is 5.91 Å². The van der Waals surface area contributed by atoms with Crippen molar-refractivity contribution in [1.82, 2.24) is 5.32 Å². The first-order valence-corrected chi connectivity index (χ1v) is 5.80. The van der Waals surface area contributed by atoms with Crippen molar-refractivity contribution in [3.8, 4) is 0 Å². The first kappa shape index (κ1) is 14.2. The Morgan fingerprint density at radius 2 is 2.06 bits per heavy atom. The fourth-order valence-corrected chi connectivity index (χ4v) is 1.53. The lowest BCUT2D eigenvalue weighted by atomic mass is 10.1. The fourth-order valence-electron chi connectivity index (χ4n) is 1.53. The molecule has 1 rings (SSSR count). The van der Waals surface area contributed by atoms with E-state index in [4.69, 9.17) is 10.8 Å². The number of nitrogens with one attached hydrogen (secondary N) is 1. The molecule has 0 aromatic heterocycles. The predicted molar refractivity (Wildman–Crippen MR) is 67.9 cm³/mol. The van der Waals surface area contributed by atoms with Crippen LogP contribution in [0.4, 0.5) is 0 Å². The van der Waals surface area contributed by atoms with E-state index in [-0.39, 0.29) is 18.7 Å². The number of hydrogen-bond acceptors (Lipinski definition) is 3. The van der Waals surface area contributed by atoms with Gasteiger partial charge < -0.3 is 16.2 Å². The van der Waals surface area contributed by atoms with E-state index >= 15 is 0 Å². The Labute approximate surface area is 106 Å². The third-order valence-electron chi connectivity index (χ3n) is 2.72. The minimum atomic E-state index is -0.947. The Bertz CT molecular complexity index is 432. The summed E-state index contributed by atoms with van der Waals surface area (Å²) in [4.78, 5) is 22.0. The molecule has 1 aromatic rings. The molecule has 1 unspecified atom stereocenters. The van der Waals surface area contributed by atoms with E-state index in [1.54, 1.807) is 0 Å².